The largest absolute Gasteiger partial charge is 0.469 e. The van der Waals surface area contributed by atoms with Gasteiger partial charge in [-0.25, -0.2) is 0 Å². The first-order chi connectivity index (χ1) is 13.9. The van der Waals surface area contributed by atoms with Crippen LogP contribution in [0.25, 0.3) is 0 Å². The molecule has 1 N–H and O–H groups in total. The minimum Gasteiger partial charge on any atom is -0.469 e. The highest BCUT2D eigenvalue weighted by atomic mass is 127. The van der Waals surface area contributed by atoms with E-state index in [1.807, 2.05) is 12.1 Å². The van der Waals surface area contributed by atoms with Crippen molar-refractivity contribution in [2.24, 2.45) is 16.8 Å². The Morgan fingerprint density at radius 1 is 1.14 bits per heavy atom. The van der Waals surface area contributed by atoms with Crippen molar-refractivity contribution in [1.82, 2.24) is 15.1 Å². The van der Waals surface area contributed by atoms with E-state index in [1.165, 1.54) is 45.3 Å². The molecule has 4 rings (SSSR count). The van der Waals surface area contributed by atoms with E-state index in [4.69, 9.17) is 14.1 Å². The molecule has 3 aliphatic heterocycles. The second-order valence-electron chi connectivity index (χ2n) is 8.61. The number of ether oxygens (including phenoxy) is 1. The Balaban J connectivity index is 0.00000240. The van der Waals surface area contributed by atoms with Crippen LogP contribution in [0.1, 0.15) is 37.9 Å². The van der Waals surface area contributed by atoms with Crippen LogP contribution in [0.4, 0.5) is 0 Å². The summed E-state index contributed by atoms with van der Waals surface area (Å²) < 4.78 is 11.0. The number of nitrogens with zero attached hydrogens (tertiary/aromatic N) is 3. The molecule has 0 radical (unpaired) electrons. The van der Waals surface area contributed by atoms with Crippen LogP contribution < -0.4 is 5.32 Å². The zero-order chi connectivity index (χ0) is 19.0. The Kier molecular flexibility index (Phi) is 9.58. The minimum atomic E-state index is 0. The molecular formula is C22H37IN4O2. The number of aliphatic imine (C=N–C) groups is 1. The van der Waals surface area contributed by atoms with E-state index in [-0.39, 0.29) is 24.0 Å². The van der Waals surface area contributed by atoms with Crippen molar-refractivity contribution >= 4 is 29.9 Å². The summed E-state index contributed by atoms with van der Waals surface area (Å²) in [7, 11) is 0. The number of halogens is 1. The lowest BCUT2D eigenvalue weighted by Gasteiger charge is -2.29. The molecular weight excluding hydrogens is 479 g/mol. The van der Waals surface area contributed by atoms with Crippen LogP contribution in [-0.4, -0.2) is 74.8 Å². The van der Waals surface area contributed by atoms with Gasteiger partial charge in [0.2, 0.25) is 0 Å². The van der Waals surface area contributed by atoms with Crippen molar-refractivity contribution in [2.75, 3.05) is 59.0 Å². The molecule has 3 saturated heterocycles. The van der Waals surface area contributed by atoms with Crippen molar-refractivity contribution in [2.45, 2.75) is 38.5 Å². The quantitative estimate of drug-likeness (QED) is 0.343. The van der Waals surface area contributed by atoms with Gasteiger partial charge in [0.25, 0.3) is 0 Å². The molecule has 2 unspecified atom stereocenters. The van der Waals surface area contributed by atoms with Gasteiger partial charge in [0.05, 0.1) is 12.9 Å². The van der Waals surface area contributed by atoms with Crippen molar-refractivity contribution in [3.05, 3.63) is 24.2 Å². The zero-order valence-electron chi connectivity index (χ0n) is 17.6. The molecule has 4 heterocycles. The molecule has 0 bridgehead atoms. The highest BCUT2D eigenvalue weighted by molar-refractivity contribution is 14.0. The van der Waals surface area contributed by atoms with Gasteiger partial charge in [0.15, 0.2) is 5.96 Å². The van der Waals surface area contributed by atoms with Crippen LogP contribution in [-0.2, 0) is 11.2 Å². The number of guanidine groups is 1. The summed E-state index contributed by atoms with van der Waals surface area (Å²) in [5.41, 5.74) is 0. The smallest absolute Gasteiger partial charge is 0.193 e. The average molecular weight is 516 g/mol. The molecule has 1 aromatic rings. The van der Waals surface area contributed by atoms with E-state index >= 15 is 0 Å². The van der Waals surface area contributed by atoms with Gasteiger partial charge in [-0.1, -0.05) is 6.42 Å². The maximum Gasteiger partial charge on any atom is 0.193 e. The second-order valence-corrected chi connectivity index (χ2v) is 8.61. The Morgan fingerprint density at radius 2 is 2.03 bits per heavy atom. The fourth-order valence-electron chi connectivity index (χ4n) is 4.64. The molecule has 0 aromatic carbocycles. The Morgan fingerprint density at radius 3 is 2.79 bits per heavy atom. The van der Waals surface area contributed by atoms with Crippen molar-refractivity contribution < 1.29 is 9.15 Å². The van der Waals surface area contributed by atoms with E-state index in [0.717, 1.165) is 69.9 Å². The molecule has 29 heavy (non-hydrogen) atoms. The van der Waals surface area contributed by atoms with Gasteiger partial charge >= 0.3 is 0 Å². The topological polar surface area (TPSA) is 53.2 Å². The molecule has 0 saturated carbocycles. The van der Waals surface area contributed by atoms with Gasteiger partial charge in [-0.15, -0.1) is 24.0 Å². The van der Waals surface area contributed by atoms with Gasteiger partial charge in [-0.2, -0.15) is 0 Å². The van der Waals surface area contributed by atoms with Gasteiger partial charge in [0, 0.05) is 51.7 Å². The normalized spacial score (nSPS) is 25.9. The van der Waals surface area contributed by atoms with E-state index < -0.39 is 0 Å². The molecule has 2 atom stereocenters. The molecule has 0 spiro atoms. The fraction of sp³-hybridized carbons (Fsp3) is 0.773. The molecule has 6 nitrogen and oxygen atoms in total. The SMILES string of the molecule is I.c1coc(CCNC(=NCC2CCOC2)N2CCC(CN3CCCCC3)C2)c1. The van der Waals surface area contributed by atoms with Gasteiger partial charge < -0.3 is 24.3 Å². The molecule has 3 aliphatic rings. The van der Waals surface area contributed by atoms with E-state index in [9.17, 15) is 0 Å². The summed E-state index contributed by atoms with van der Waals surface area (Å²) in [5.74, 6) is 3.46. The lowest BCUT2D eigenvalue weighted by atomic mass is 10.1. The number of likely N-dealkylation sites (tertiary alicyclic amines) is 2. The van der Waals surface area contributed by atoms with Gasteiger partial charge in [-0.3, -0.25) is 4.99 Å². The maximum atomic E-state index is 5.53. The number of hydrogen-bond donors (Lipinski definition) is 1. The summed E-state index contributed by atoms with van der Waals surface area (Å²) in [6, 6.07) is 3.99. The van der Waals surface area contributed by atoms with Gasteiger partial charge in [0.1, 0.15) is 5.76 Å². The molecule has 164 valence electrons. The highest BCUT2D eigenvalue weighted by Gasteiger charge is 2.27. The Hall–Kier alpha value is -0.800. The van der Waals surface area contributed by atoms with E-state index in [1.54, 1.807) is 6.26 Å². The second kappa shape index (κ2) is 12.2. The van der Waals surface area contributed by atoms with Crippen LogP contribution in [0.15, 0.2) is 27.8 Å². The summed E-state index contributed by atoms with van der Waals surface area (Å²) in [6.07, 6.45) is 9.22. The Labute approximate surface area is 192 Å². The van der Waals surface area contributed by atoms with Crippen LogP contribution in [0, 0.1) is 11.8 Å². The maximum absolute atomic E-state index is 5.53. The van der Waals surface area contributed by atoms with E-state index in [0.29, 0.717) is 5.92 Å². The third-order valence-corrected chi connectivity index (χ3v) is 6.31. The number of hydrogen-bond acceptors (Lipinski definition) is 4. The molecule has 3 fully saturated rings. The first-order valence-corrected chi connectivity index (χ1v) is 11.2. The standard InChI is InChI=1S/C22H36N4O2.HI/c1-2-10-25(11-3-1)16-20-7-12-26(17-20)22(24-15-19-8-14-27-18-19)23-9-6-21-5-4-13-28-21;/h4-5,13,19-20H,1-3,6-12,14-18H2,(H,23,24);1H. The van der Waals surface area contributed by atoms with Gasteiger partial charge in [-0.05, 0) is 56.8 Å². The average Bonchev–Trinajstić information content (AvgIpc) is 3.48. The minimum absolute atomic E-state index is 0. The molecule has 0 aliphatic carbocycles. The highest BCUT2D eigenvalue weighted by Crippen LogP contribution is 2.20. The predicted octanol–water partition coefficient (Wildman–Crippen LogP) is 3.23. The first-order valence-electron chi connectivity index (χ1n) is 11.2. The number of furan rings is 1. The van der Waals surface area contributed by atoms with Crippen molar-refractivity contribution in [3.63, 3.8) is 0 Å². The Bertz CT molecular complexity index is 598. The lowest BCUT2D eigenvalue weighted by molar-refractivity contribution is 0.187. The number of rotatable bonds is 7. The van der Waals surface area contributed by atoms with Crippen molar-refractivity contribution in [1.29, 1.82) is 0 Å². The first kappa shape index (κ1) is 22.9. The van der Waals surface area contributed by atoms with Crippen LogP contribution in [0.3, 0.4) is 0 Å². The van der Waals surface area contributed by atoms with Crippen molar-refractivity contribution in [3.8, 4) is 0 Å². The summed E-state index contributed by atoms with van der Waals surface area (Å²) in [4.78, 5) is 10.1. The summed E-state index contributed by atoms with van der Waals surface area (Å²) in [6.45, 7) is 9.57. The molecule has 1 aromatic heterocycles. The number of nitrogens with one attached hydrogen (secondary N) is 1. The summed E-state index contributed by atoms with van der Waals surface area (Å²) >= 11 is 0. The lowest BCUT2D eigenvalue weighted by Crippen LogP contribution is -2.42. The monoisotopic (exact) mass is 516 g/mol. The molecule has 0 amide bonds. The van der Waals surface area contributed by atoms with Crippen LogP contribution in [0.5, 0.6) is 0 Å². The number of piperidine rings is 1. The predicted molar refractivity (Wildman–Crippen MR) is 127 cm³/mol. The van der Waals surface area contributed by atoms with Crippen LogP contribution in [0.2, 0.25) is 0 Å². The zero-order valence-corrected chi connectivity index (χ0v) is 19.9. The van der Waals surface area contributed by atoms with E-state index in [2.05, 4.69) is 15.1 Å². The van der Waals surface area contributed by atoms with Crippen LogP contribution >= 0.6 is 24.0 Å². The third-order valence-electron chi connectivity index (χ3n) is 6.31. The summed E-state index contributed by atoms with van der Waals surface area (Å²) in [5, 5.41) is 3.61. The third kappa shape index (κ3) is 7.14. The molecule has 7 heteroatoms. The fourth-order valence-corrected chi connectivity index (χ4v) is 4.64.